The summed E-state index contributed by atoms with van der Waals surface area (Å²) in [6, 6.07) is 0. The Balaban J connectivity index is 0. The molecule has 76 valence electrons. The smallest absolute Gasteiger partial charge is 0.0195 e. The van der Waals surface area contributed by atoms with E-state index in [9.17, 15) is 0 Å². The Labute approximate surface area is 82.7 Å². The first kappa shape index (κ1) is 14.8. The maximum atomic E-state index is 5.34. The van der Waals surface area contributed by atoms with Crippen molar-refractivity contribution in [3.63, 3.8) is 0 Å². The molecule has 0 heterocycles. The van der Waals surface area contributed by atoms with Crippen LogP contribution in [0.5, 0.6) is 0 Å². The fourth-order valence-electron chi connectivity index (χ4n) is 0.925. The lowest BCUT2D eigenvalue weighted by atomic mass is 10.1. The predicted octanol–water partition coefficient (Wildman–Crippen LogP) is 3.55. The molecule has 0 atom stereocenters. The van der Waals surface area contributed by atoms with Gasteiger partial charge in [0.15, 0.2) is 0 Å². The van der Waals surface area contributed by atoms with E-state index < -0.39 is 0 Å². The Morgan fingerprint density at radius 1 is 0.917 bits per heavy atom. The molecule has 0 bridgehead atoms. The molecule has 0 aromatic heterocycles. The van der Waals surface area contributed by atoms with Crippen LogP contribution in [0.2, 0.25) is 0 Å². The summed E-state index contributed by atoms with van der Waals surface area (Å²) in [5.41, 5.74) is 5.34. The zero-order valence-electron chi connectivity index (χ0n) is 8.61. The number of halogens is 1. The lowest BCUT2D eigenvalue weighted by Crippen LogP contribution is -1.97. The third-order valence-corrected chi connectivity index (χ3v) is 1.56. The molecule has 0 amide bonds. The van der Waals surface area contributed by atoms with Gasteiger partial charge in [-0.05, 0) is 13.0 Å². The highest BCUT2D eigenvalue weighted by Gasteiger charge is 1.85. The first-order valence-electron chi connectivity index (χ1n) is 5.09. The molecule has 2 heteroatoms. The topological polar surface area (TPSA) is 26.0 Å². The van der Waals surface area contributed by atoms with Crippen LogP contribution in [0.4, 0.5) is 0 Å². The van der Waals surface area contributed by atoms with E-state index >= 15 is 0 Å². The lowest BCUT2D eigenvalue weighted by Gasteiger charge is -1.96. The molecule has 0 aromatic carbocycles. The van der Waals surface area contributed by atoms with Crippen LogP contribution in [0.3, 0.4) is 0 Å². The summed E-state index contributed by atoms with van der Waals surface area (Å²) in [5, 5.41) is 0. The van der Waals surface area contributed by atoms with Gasteiger partial charge in [-0.25, -0.2) is 0 Å². The van der Waals surface area contributed by atoms with Gasteiger partial charge in [0.2, 0.25) is 0 Å². The molecular formula is C10H24ClN. The van der Waals surface area contributed by atoms with Crippen LogP contribution in [0.15, 0.2) is 0 Å². The van der Waals surface area contributed by atoms with Crippen LogP contribution in [0, 0.1) is 0 Å². The standard InChI is InChI=1S/C8H19N.C2H5Cl/c1-2-3-4-5-6-7-8-9;1-2-3/h2-9H2,1H3;2H2,1H3. The van der Waals surface area contributed by atoms with Gasteiger partial charge < -0.3 is 5.73 Å². The molecule has 0 rings (SSSR count). The van der Waals surface area contributed by atoms with E-state index in [0.29, 0.717) is 0 Å². The summed E-state index contributed by atoms with van der Waals surface area (Å²) in [6.45, 7) is 5.00. The van der Waals surface area contributed by atoms with Gasteiger partial charge in [0.05, 0.1) is 0 Å². The van der Waals surface area contributed by atoms with Gasteiger partial charge >= 0.3 is 0 Å². The Morgan fingerprint density at radius 2 is 1.33 bits per heavy atom. The van der Waals surface area contributed by atoms with Crippen LogP contribution in [-0.4, -0.2) is 12.4 Å². The summed E-state index contributed by atoms with van der Waals surface area (Å²) >= 11 is 5.00. The quantitative estimate of drug-likeness (QED) is 0.507. The third kappa shape index (κ3) is 22.5. The average Bonchev–Trinajstić information content (AvgIpc) is 2.06. The second-order valence-corrected chi connectivity index (χ2v) is 3.36. The van der Waals surface area contributed by atoms with E-state index in [-0.39, 0.29) is 0 Å². The van der Waals surface area contributed by atoms with Crippen LogP contribution in [-0.2, 0) is 0 Å². The molecule has 0 aliphatic carbocycles. The number of hydrogen-bond donors (Lipinski definition) is 1. The highest BCUT2D eigenvalue weighted by molar-refractivity contribution is 6.17. The molecule has 0 saturated heterocycles. The van der Waals surface area contributed by atoms with Crippen molar-refractivity contribution in [1.82, 2.24) is 0 Å². The number of nitrogens with two attached hydrogens (primary N) is 1. The minimum atomic E-state index is 0.722. The monoisotopic (exact) mass is 193 g/mol. The fraction of sp³-hybridized carbons (Fsp3) is 1.00. The van der Waals surface area contributed by atoms with Gasteiger partial charge in [-0.3, -0.25) is 0 Å². The summed E-state index contributed by atoms with van der Waals surface area (Å²) in [4.78, 5) is 0. The van der Waals surface area contributed by atoms with Crippen LogP contribution in [0.1, 0.15) is 52.4 Å². The number of hydrogen-bond acceptors (Lipinski definition) is 1. The Bertz CT molecular complexity index is 51.8. The average molecular weight is 194 g/mol. The highest BCUT2D eigenvalue weighted by Crippen LogP contribution is 2.03. The van der Waals surface area contributed by atoms with Crippen molar-refractivity contribution in [2.24, 2.45) is 5.73 Å². The van der Waals surface area contributed by atoms with Gasteiger partial charge in [-0.1, -0.05) is 46.0 Å². The molecule has 1 nitrogen and oxygen atoms in total. The minimum absolute atomic E-state index is 0.722. The molecule has 0 aliphatic rings. The molecule has 2 N–H and O–H groups in total. The summed E-state index contributed by atoms with van der Waals surface area (Å²) < 4.78 is 0. The van der Waals surface area contributed by atoms with Crippen molar-refractivity contribution in [1.29, 1.82) is 0 Å². The predicted molar refractivity (Wildman–Crippen MR) is 58.8 cm³/mol. The fourth-order valence-corrected chi connectivity index (χ4v) is 0.925. The Morgan fingerprint density at radius 3 is 1.75 bits per heavy atom. The lowest BCUT2D eigenvalue weighted by molar-refractivity contribution is 0.612. The zero-order chi connectivity index (χ0) is 9.66. The largest absolute Gasteiger partial charge is 0.330 e. The number of alkyl halides is 1. The Hall–Kier alpha value is 0.250. The minimum Gasteiger partial charge on any atom is -0.330 e. The number of rotatable bonds is 6. The van der Waals surface area contributed by atoms with Gasteiger partial charge in [-0.2, -0.15) is 0 Å². The van der Waals surface area contributed by atoms with Gasteiger partial charge in [-0.15, -0.1) is 11.6 Å². The van der Waals surface area contributed by atoms with Crippen molar-refractivity contribution in [3.05, 3.63) is 0 Å². The van der Waals surface area contributed by atoms with Crippen molar-refractivity contribution in [2.75, 3.05) is 12.4 Å². The summed E-state index contributed by atoms with van der Waals surface area (Å²) in [5.74, 6) is 0.722. The van der Waals surface area contributed by atoms with Crippen molar-refractivity contribution in [3.8, 4) is 0 Å². The van der Waals surface area contributed by atoms with E-state index in [1.807, 2.05) is 6.92 Å². The first-order chi connectivity index (χ1) is 5.83. The van der Waals surface area contributed by atoms with Gasteiger partial charge in [0, 0.05) is 5.88 Å². The first-order valence-corrected chi connectivity index (χ1v) is 5.62. The molecule has 0 radical (unpaired) electrons. The maximum absolute atomic E-state index is 5.34. The third-order valence-electron chi connectivity index (χ3n) is 1.56. The van der Waals surface area contributed by atoms with E-state index in [4.69, 9.17) is 17.3 Å². The van der Waals surface area contributed by atoms with E-state index in [0.717, 1.165) is 12.4 Å². The van der Waals surface area contributed by atoms with Crippen molar-refractivity contribution >= 4 is 11.6 Å². The van der Waals surface area contributed by atoms with Crippen LogP contribution >= 0.6 is 11.6 Å². The second kappa shape index (κ2) is 17.4. The van der Waals surface area contributed by atoms with Gasteiger partial charge in [0.1, 0.15) is 0 Å². The SMILES string of the molecule is CCCCCCCCN.CCCl. The van der Waals surface area contributed by atoms with E-state index in [1.54, 1.807) is 0 Å². The van der Waals surface area contributed by atoms with Crippen LogP contribution < -0.4 is 5.73 Å². The zero-order valence-corrected chi connectivity index (χ0v) is 9.37. The molecule has 0 saturated carbocycles. The molecular weight excluding hydrogens is 170 g/mol. The maximum Gasteiger partial charge on any atom is 0.0195 e. The summed E-state index contributed by atoms with van der Waals surface area (Å²) in [6.07, 6.45) is 8.05. The molecule has 0 fully saturated rings. The molecule has 0 aliphatic heterocycles. The number of unbranched alkanes of at least 4 members (excludes halogenated alkanes) is 5. The molecule has 12 heavy (non-hydrogen) atoms. The van der Waals surface area contributed by atoms with Crippen molar-refractivity contribution < 1.29 is 0 Å². The normalized spacial score (nSPS) is 9.00. The molecule has 0 spiro atoms. The van der Waals surface area contributed by atoms with Crippen molar-refractivity contribution in [2.45, 2.75) is 52.4 Å². The Kier molecular flexibility index (Phi) is 21.4. The van der Waals surface area contributed by atoms with Crippen LogP contribution in [0.25, 0.3) is 0 Å². The van der Waals surface area contributed by atoms with E-state index in [2.05, 4.69) is 6.92 Å². The summed E-state index contributed by atoms with van der Waals surface area (Å²) in [7, 11) is 0. The molecule has 0 unspecified atom stereocenters. The van der Waals surface area contributed by atoms with E-state index in [1.165, 1.54) is 38.5 Å². The second-order valence-electron chi connectivity index (χ2n) is 2.82. The molecule has 0 aromatic rings. The highest BCUT2D eigenvalue weighted by atomic mass is 35.5. The van der Waals surface area contributed by atoms with Gasteiger partial charge in [0.25, 0.3) is 0 Å².